The van der Waals surface area contributed by atoms with Crippen molar-refractivity contribution in [2.24, 2.45) is 5.92 Å². The molecule has 2 N–H and O–H groups in total. The predicted octanol–water partition coefficient (Wildman–Crippen LogP) is 0.795. The number of rotatable bonds is 4. The number of piperidine rings is 1. The SMILES string of the molecule is CC(O)CN1CCN(CC2CCNCC2)CC1C.Cl. The average molecular weight is 292 g/mol. The zero-order valence-electron chi connectivity index (χ0n) is 12.3. The molecule has 0 spiro atoms. The van der Waals surface area contributed by atoms with Gasteiger partial charge in [0.05, 0.1) is 6.10 Å². The summed E-state index contributed by atoms with van der Waals surface area (Å²) in [6.07, 6.45) is 2.47. The van der Waals surface area contributed by atoms with E-state index < -0.39 is 0 Å². The Morgan fingerprint density at radius 1 is 1.26 bits per heavy atom. The second-order valence-corrected chi connectivity index (χ2v) is 6.15. The largest absolute Gasteiger partial charge is 0.392 e. The number of β-amino-alcohol motifs (C(OH)–C–C–N with tert-alkyl or cyclic N) is 1. The maximum atomic E-state index is 9.49. The second-order valence-electron chi connectivity index (χ2n) is 6.15. The van der Waals surface area contributed by atoms with Gasteiger partial charge >= 0.3 is 0 Å². The van der Waals surface area contributed by atoms with Crippen LogP contribution in [-0.2, 0) is 0 Å². The van der Waals surface area contributed by atoms with Gasteiger partial charge < -0.3 is 15.3 Å². The van der Waals surface area contributed by atoms with Crippen LogP contribution in [0.5, 0.6) is 0 Å². The molecule has 2 rings (SSSR count). The highest BCUT2D eigenvalue weighted by molar-refractivity contribution is 5.85. The summed E-state index contributed by atoms with van der Waals surface area (Å²) in [5, 5.41) is 12.9. The predicted molar refractivity (Wildman–Crippen MR) is 82.0 cm³/mol. The Bertz CT molecular complexity index is 247. The molecule has 2 heterocycles. The van der Waals surface area contributed by atoms with Gasteiger partial charge in [-0.25, -0.2) is 0 Å². The lowest BCUT2D eigenvalue weighted by atomic mass is 9.97. The standard InChI is InChI=1S/C14H29N3O.ClH/c1-12-9-16(7-8-17(12)10-13(2)18)11-14-3-5-15-6-4-14;/h12-15,18H,3-11H2,1-2H3;1H. The molecule has 2 unspecified atom stereocenters. The summed E-state index contributed by atoms with van der Waals surface area (Å²) in [5.74, 6) is 0.891. The van der Waals surface area contributed by atoms with Gasteiger partial charge in [0.15, 0.2) is 0 Å². The Morgan fingerprint density at radius 2 is 1.95 bits per heavy atom. The number of hydrogen-bond acceptors (Lipinski definition) is 4. The van der Waals surface area contributed by atoms with Crippen molar-refractivity contribution in [1.82, 2.24) is 15.1 Å². The van der Waals surface area contributed by atoms with E-state index in [1.54, 1.807) is 0 Å². The summed E-state index contributed by atoms with van der Waals surface area (Å²) in [7, 11) is 0. The summed E-state index contributed by atoms with van der Waals surface area (Å²) in [4.78, 5) is 5.04. The molecule has 0 bridgehead atoms. The van der Waals surface area contributed by atoms with E-state index in [0.29, 0.717) is 6.04 Å². The third kappa shape index (κ3) is 5.56. The Labute approximate surface area is 123 Å². The third-order valence-electron chi connectivity index (χ3n) is 4.32. The molecule has 2 aliphatic heterocycles. The van der Waals surface area contributed by atoms with E-state index in [1.165, 1.54) is 39.0 Å². The van der Waals surface area contributed by atoms with E-state index in [2.05, 4.69) is 22.0 Å². The second kappa shape index (κ2) is 8.42. The molecule has 2 atom stereocenters. The number of nitrogens with zero attached hydrogens (tertiary/aromatic N) is 2. The number of aliphatic hydroxyl groups is 1. The Morgan fingerprint density at radius 3 is 2.53 bits per heavy atom. The molecule has 2 aliphatic rings. The number of aliphatic hydroxyl groups excluding tert-OH is 1. The summed E-state index contributed by atoms with van der Waals surface area (Å²) < 4.78 is 0. The minimum Gasteiger partial charge on any atom is -0.392 e. The topological polar surface area (TPSA) is 38.7 Å². The van der Waals surface area contributed by atoms with Crippen molar-refractivity contribution in [2.45, 2.75) is 38.8 Å². The Hall–Kier alpha value is 0.130. The van der Waals surface area contributed by atoms with Crippen LogP contribution in [0.15, 0.2) is 0 Å². The quantitative estimate of drug-likeness (QED) is 0.803. The summed E-state index contributed by atoms with van der Waals surface area (Å²) in [5.41, 5.74) is 0. The van der Waals surface area contributed by atoms with Crippen molar-refractivity contribution in [3.05, 3.63) is 0 Å². The molecule has 0 aromatic rings. The normalized spacial score (nSPS) is 28.9. The van der Waals surface area contributed by atoms with Crippen LogP contribution in [0, 0.1) is 5.92 Å². The maximum Gasteiger partial charge on any atom is 0.0639 e. The first-order valence-electron chi connectivity index (χ1n) is 7.50. The Balaban J connectivity index is 0.00000180. The number of hydrogen-bond donors (Lipinski definition) is 2. The highest BCUT2D eigenvalue weighted by atomic mass is 35.5. The molecule has 0 aromatic heterocycles. The molecule has 5 heteroatoms. The number of nitrogens with one attached hydrogen (secondary N) is 1. The first kappa shape index (κ1) is 17.2. The van der Waals surface area contributed by atoms with Gasteiger partial charge in [-0.2, -0.15) is 0 Å². The lowest BCUT2D eigenvalue weighted by Gasteiger charge is -2.42. The molecule has 19 heavy (non-hydrogen) atoms. The third-order valence-corrected chi connectivity index (χ3v) is 4.32. The molecule has 0 aromatic carbocycles. The van der Waals surface area contributed by atoms with Crippen LogP contribution < -0.4 is 5.32 Å². The van der Waals surface area contributed by atoms with E-state index >= 15 is 0 Å². The summed E-state index contributed by atoms with van der Waals surface area (Å²) in [6.45, 7) is 12.1. The fourth-order valence-electron chi connectivity index (χ4n) is 3.28. The van der Waals surface area contributed by atoms with Gasteiger partial charge in [-0.05, 0) is 45.7 Å². The van der Waals surface area contributed by atoms with Gasteiger partial charge in [0.2, 0.25) is 0 Å². The van der Waals surface area contributed by atoms with Gasteiger partial charge in [-0.15, -0.1) is 12.4 Å². The molecule has 0 radical (unpaired) electrons. The minimum absolute atomic E-state index is 0. The van der Waals surface area contributed by atoms with Gasteiger partial charge in [-0.3, -0.25) is 4.90 Å². The Kier molecular flexibility index (Phi) is 7.62. The van der Waals surface area contributed by atoms with Gasteiger partial charge in [0.25, 0.3) is 0 Å². The zero-order valence-corrected chi connectivity index (χ0v) is 13.2. The van der Waals surface area contributed by atoms with Gasteiger partial charge in [0.1, 0.15) is 0 Å². The molecule has 4 nitrogen and oxygen atoms in total. The first-order chi connectivity index (χ1) is 8.65. The molecular formula is C14H30ClN3O. The fraction of sp³-hybridized carbons (Fsp3) is 1.00. The van der Waals surface area contributed by atoms with E-state index in [0.717, 1.165) is 25.6 Å². The van der Waals surface area contributed by atoms with Crippen LogP contribution in [0.25, 0.3) is 0 Å². The highest BCUT2D eigenvalue weighted by Crippen LogP contribution is 2.17. The minimum atomic E-state index is -0.205. The van der Waals surface area contributed by atoms with Crippen molar-refractivity contribution >= 4 is 12.4 Å². The molecule has 0 saturated carbocycles. The van der Waals surface area contributed by atoms with Crippen LogP contribution in [0.3, 0.4) is 0 Å². The first-order valence-corrected chi connectivity index (χ1v) is 7.50. The lowest BCUT2D eigenvalue weighted by molar-refractivity contribution is 0.0373. The zero-order chi connectivity index (χ0) is 13.0. The number of halogens is 1. The van der Waals surface area contributed by atoms with Crippen molar-refractivity contribution in [3.63, 3.8) is 0 Å². The van der Waals surface area contributed by atoms with Crippen molar-refractivity contribution in [1.29, 1.82) is 0 Å². The van der Waals surface area contributed by atoms with Crippen LogP contribution >= 0.6 is 12.4 Å². The molecule has 2 saturated heterocycles. The van der Waals surface area contributed by atoms with Gasteiger partial charge in [-0.1, -0.05) is 0 Å². The summed E-state index contributed by atoms with van der Waals surface area (Å²) in [6, 6.07) is 0.579. The highest BCUT2D eigenvalue weighted by Gasteiger charge is 2.26. The molecular weight excluding hydrogens is 262 g/mol. The van der Waals surface area contributed by atoms with E-state index in [1.807, 2.05) is 6.92 Å². The van der Waals surface area contributed by atoms with Crippen molar-refractivity contribution in [2.75, 3.05) is 45.8 Å². The van der Waals surface area contributed by atoms with Crippen molar-refractivity contribution < 1.29 is 5.11 Å². The smallest absolute Gasteiger partial charge is 0.0639 e. The van der Waals surface area contributed by atoms with Gasteiger partial charge in [0, 0.05) is 38.8 Å². The van der Waals surface area contributed by atoms with E-state index in [4.69, 9.17) is 0 Å². The van der Waals surface area contributed by atoms with E-state index in [9.17, 15) is 5.11 Å². The van der Waals surface area contributed by atoms with Crippen LogP contribution in [0.4, 0.5) is 0 Å². The van der Waals surface area contributed by atoms with E-state index in [-0.39, 0.29) is 18.5 Å². The fourth-order valence-corrected chi connectivity index (χ4v) is 3.28. The monoisotopic (exact) mass is 291 g/mol. The molecule has 2 fully saturated rings. The van der Waals surface area contributed by atoms with Crippen LogP contribution in [0.2, 0.25) is 0 Å². The average Bonchev–Trinajstić information content (AvgIpc) is 2.33. The lowest BCUT2D eigenvalue weighted by Crippen LogP contribution is -2.54. The summed E-state index contributed by atoms with van der Waals surface area (Å²) >= 11 is 0. The van der Waals surface area contributed by atoms with Crippen molar-refractivity contribution in [3.8, 4) is 0 Å². The molecule has 0 amide bonds. The number of piperazine rings is 1. The van der Waals surface area contributed by atoms with Crippen LogP contribution in [-0.4, -0.2) is 72.9 Å². The molecule has 114 valence electrons. The van der Waals surface area contributed by atoms with Crippen LogP contribution in [0.1, 0.15) is 26.7 Å². The maximum absolute atomic E-state index is 9.49. The molecule has 0 aliphatic carbocycles.